The van der Waals surface area contributed by atoms with Gasteiger partial charge in [0.05, 0.1) is 16.6 Å². The second kappa shape index (κ2) is 13.3. The monoisotopic (exact) mass is 625 g/mol. The van der Waals surface area contributed by atoms with E-state index in [4.69, 9.17) is 15.0 Å². The van der Waals surface area contributed by atoms with Gasteiger partial charge < -0.3 is 4.57 Å². The van der Waals surface area contributed by atoms with Crippen LogP contribution in [0.2, 0.25) is 0 Å². The van der Waals surface area contributed by atoms with Gasteiger partial charge in [0.15, 0.2) is 11.6 Å². The molecule has 0 saturated heterocycles. The second-order valence-corrected chi connectivity index (χ2v) is 11.5. The SMILES string of the molecule is C=C/C=C(\C=C)c1nc(-c2ccccc2)nc(-n2c3c(c4c2ccc2c5cnccc5n(-c5ccccc5)c24)CCCC3)n1.C=CN=C. The average Bonchev–Trinajstić information content (AvgIpc) is 3.67. The summed E-state index contributed by atoms with van der Waals surface area (Å²) < 4.78 is 4.67. The molecule has 234 valence electrons. The molecule has 0 N–H and O–H groups in total. The Morgan fingerprint density at radius 2 is 1.52 bits per heavy atom. The first kappa shape index (κ1) is 30.4. The lowest BCUT2D eigenvalue weighted by molar-refractivity contribution is 0.661. The van der Waals surface area contributed by atoms with Crippen LogP contribution in [-0.4, -0.2) is 35.8 Å². The Morgan fingerprint density at radius 3 is 2.25 bits per heavy atom. The molecule has 48 heavy (non-hydrogen) atoms. The van der Waals surface area contributed by atoms with E-state index in [2.05, 4.69) is 94.1 Å². The Hall–Kier alpha value is -6.21. The zero-order valence-corrected chi connectivity index (χ0v) is 26.8. The first-order valence-corrected chi connectivity index (χ1v) is 16.0. The van der Waals surface area contributed by atoms with Gasteiger partial charge in [-0.1, -0.05) is 92.6 Å². The maximum Gasteiger partial charge on any atom is 0.238 e. The molecule has 0 amide bonds. The lowest BCUT2D eigenvalue weighted by Crippen LogP contribution is -2.12. The number of fused-ring (bicyclic) bond motifs is 7. The highest BCUT2D eigenvalue weighted by Crippen LogP contribution is 2.42. The topological polar surface area (TPSA) is 73.8 Å². The van der Waals surface area contributed by atoms with Gasteiger partial charge in [0.2, 0.25) is 5.95 Å². The summed E-state index contributed by atoms with van der Waals surface area (Å²) in [6.07, 6.45) is 14.9. The van der Waals surface area contributed by atoms with Crippen LogP contribution in [0, 0.1) is 0 Å². The van der Waals surface area contributed by atoms with E-state index in [9.17, 15) is 0 Å². The number of aromatic nitrogens is 6. The summed E-state index contributed by atoms with van der Waals surface area (Å²) in [4.78, 5) is 22.9. The molecule has 0 spiro atoms. The van der Waals surface area contributed by atoms with Crippen molar-refractivity contribution >= 4 is 45.0 Å². The summed E-state index contributed by atoms with van der Waals surface area (Å²) >= 11 is 0. The van der Waals surface area contributed by atoms with E-state index in [1.54, 1.807) is 12.2 Å². The molecule has 8 rings (SSSR count). The fourth-order valence-electron chi connectivity index (χ4n) is 6.72. The normalized spacial score (nSPS) is 12.7. The number of hydrogen-bond acceptors (Lipinski definition) is 5. The molecule has 0 saturated carbocycles. The summed E-state index contributed by atoms with van der Waals surface area (Å²) in [6, 6.07) is 27.3. The van der Waals surface area contributed by atoms with Crippen LogP contribution in [0.4, 0.5) is 0 Å². The number of allylic oxidation sites excluding steroid dienone is 4. The highest BCUT2D eigenvalue weighted by atomic mass is 15.2. The van der Waals surface area contributed by atoms with E-state index in [0.29, 0.717) is 17.6 Å². The van der Waals surface area contributed by atoms with E-state index in [0.717, 1.165) is 58.9 Å². The van der Waals surface area contributed by atoms with Crippen LogP contribution >= 0.6 is 0 Å². The standard InChI is InChI=1S/C38H30N6.C3H5N/c1-3-13-25(4-2)36-40-37(26-14-7-5-8-15-26)42-38(41-36)44-31-19-12-11-18-29(31)34-33(44)21-20-28-30-24-39-23-22-32(30)43(35(28)34)27-16-9-6-10-17-27;1-3-4-2/h3-10,13-17,20-24H,1-2,11-12,18-19H2;3H,1-2H2/b25-13+;. The van der Waals surface area contributed by atoms with Crippen LogP contribution in [-0.2, 0) is 12.8 Å². The largest absolute Gasteiger partial charge is 0.308 e. The van der Waals surface area contributed by atoms with Crippen molar-refractivity contribution in [1.82, 2.24) is 29.1 Å². The Bertz CT molecular complexity index is 2350. The minimum absolute atomic E-state index is 0.570. The van der Waals surface area contributed by atoms with Crippen LogP contribution in [0.15, 0.2) is 140 Å². The highest BCUT2D eigenvalue weighted by molar-refractivity contribution is 6.19. The highest BCUT2D eigenvalue weighted by Gasteiger charge is 2.27. The smallest absolute Gasteiger partial charge is 0.238 e. The van der Waals surface area contributed by atoms with Gasteiger partial charge >= 0.3 is 0 Å². The molecule has 7 heteroatoms. The summed E-state index contributed by atoms with van der Waals surface area (Å²) in [5, 5.41) is 3.59. The fourth-order valence-corrected chi connectivity index (χ4v) is 6.72. The van der Waals surface area contributed by atoms with Crippen LogP contribution in [0.3, 0.4) is 0 Å². The number of rotatable bonds is 7. The maximum atomic E-state index is 5.12. The number of benzene rings is 3. The molecule has 4 aromatic heterocycles. The molecule has 7 aromatic rings. The van der Waals surface area contributed by atoms with Crippen LogP contribution < -0.4 is 0 Å². The van der Waals surface area contributed by atoms with Crippen LogP contribution in [0.25, 0.3) is 61.3 Å². The summed E-state index contributed by atoms with van der Waals surface area (Å²) in [7, 11) is 0. The molecule has 1 aliphatic rings. The van der Waals surface area contributed by atoms with Gasteiger partial charge in [0, 0.05) is 57.3 Å². The quantitative estimate of drug-likeness (QED) is 0.131. The van der Waals surface area contributed by atoms with Crippen molar-refractivity contribution in [2.75, 3.05) is 0 Å². The Labute approximate surface area is 279 Å². The molecule has 0 fully saturated rings. The van der Waals surface area contributed by atoms with Gasteiger partial charge in [-0.05, 0) is 62.2 Å². The first-order valence-electron chi connectivity index (χ1n) is 16.0. The Kier molecular flexibility index (Phi) is 8.41. The van der Waals surface area contributed by atoms with Crippen LogP contribution in [0.1, 0.15) is 29.9 Å². The van der Waals surface area contributed by atoms with Crippen molar-refractivity contribution in [2.45, 2.75) is 25.7 Å². The predicted molar refractivity (Wildman–Crippen MR) is 199 cm³/mol. The Balaban J connectivity index is 0.000000865. The summed E-state index contributed by atoms with van der Waals surface area (Å²) in [6.45, 7) is 14.3. The van der Waals surface area contributed by atoms with Gasteiger partial charge in [-0.25, -0.2) is 4.98 Å². The molecular formula is C41H35N7. The number of pyridine rings is 1. The van der Waals surface area contributed by atoms with E-state index in [1.165, 1.54) is 33.7 Å². The van der Waals surface area contributed by atoms with Crippen molar-refractivity contribution in [3.63, 3.8) is 0 Å². The lowest BCUT2D eigenvalue weighted by atomic mass is 9.94. The molecule has 0 aliphatic heterocycles. The van der Waals surface area contributed by atoms with Crippen molar-refractivity contribution < 1.29 is 0 Å². The van der Waals surface area contributed by atoms with E-state index >= 15 is 0 Å². The zero-order chi connectivity index (χ0) is 33.0. The predicted octanol–water partition coefficient (Wildman–Crippen LogP) is 9.44. The minimum atomic E-state index is 0.570. The lowest BCUT2D eigenvalue weighted by Gasteiger charge is -2.16. The van der Waals surface area contributed by atoms with Crippen molar-refractivity contribution in [3.8, 4) is 23.0 Å². The summed E-state index contributed by atoms with van der Waals surface area (Å²) in [5.74, 6) is 1.81. The third-order valence-electron chi connectivity index (χ3n) is 8.73. The molecule has 4 heterocycles. The molecule has 0 radical (unpaired) electrons. The first-order chi connectivity index (χ1) is 23.7. The molecule has 7 nitrogen and oxygen atoms in total. The molecular weight excluding hydrogens is 591 g/mol. The second-order valence-electron chi connectivity index (χ2n) is 11.5. The van der Waals surface area contributed by atoms with Gasteiger partial charge in [-0.15, -0.1) is 0 Å². The van der Waals surface area contributed by atoms with Crippen molar-refractivity contribution in [1.29, 1.82) is 0 Å². The third kappa shape index (κ3) is 5.25. The van der Waals surface area contributed by atoms with E-state index in [1.807, 2.05) is 48.8 Å². The minimum Gasteiger partial charge on any atom is -0.308 e. The van der Waals surface area contributed by atoms with Gasteiger partial charge in [-0.2, -0.15) is 9.97 Å². The maximum absolute atomic E-state index is 5.12. The number of hydrogen-bond donors (Lipinski definition) is 0. The molecule has 0 bridgehead atoms. The Morgan fingerprint density at radius 1 is 0.771 bits per heavy atom. The number of para-hydroxylation sites is 1. The van der Waals surface area contributed by atoms with Gasteiger partial charge in [-0.3, -0.25) is 14.5 Å². The molecule has 1 aliphatic carbocycles. The van der Waals surface area contributed by atoms with Crippen molar-refractivity contribution in [2.24, 2.45) is 4.99 Å². The number of aliphatic imine (C=N–C) groups is 1. The average molecular weight is 626 g/mol. The zero-order valence-electron chi connectivity index (χ0n) is 26.8. The fraction of sp³-hybridized carbons (Fsp3) is 0.0976. The molecule has 0 unspecified atom stereocenters. The van der Waals surface area contributed by atoms with Crippen LogP contribution in [0.5, 0.6) is 0 Å². The molecule has 0 atom stereocenters. The number of aryl methyl sites for hydroxylation is 1. The van der Waals surface area contributed by atoms with Gasteiger partial charge in [0.25, 0.3) is 0 Å². The number of nitrogens with zero attached hydrogens (tertiary/aromatic N) is 7. The third-order valence-corrected chi connectivity index (χ3v) is 8.73. The van der Waals surface area contributed by atoms with Crippen molar-refractivity contribution in [3.05, 3.63) is 153 Å². The summed E-state index contributed by atoms with van der Waals surface area (Å²) in [5.41, 5.74) is 8.94. The van der Waals surface area contributed by atoms with E-state index < -0.39 is 0 Å². The molecule has 3 aromatic carbocycles. The van der Waals surface area contributed by atoms with E-state index in [-0.39, 0.29) is 0 Å². The van der Waals surface area contributed by atoms with Gasteiger partial charge in [0.1, 0.15) is 0 Å².